The Bertz CT molecular complexity index is 513. The smallest absolute Gasteiger partial charge is 0.223 e. The van der Waals surface area contributed by atoms with E-state index in [9.17, 15) is 4.79 Å². The second-order valence-electron chi connectivity index (χ2n) is 6.45. The lowest BCUT2D eigenvalue weighted by molar-refractivity contribution is -0.131. The maximum Gasteiger partial charge on any atom is 0.223 e. The van der Waals surface area contributed by atoms with Crippen LogP contribution in [0.25, 0.3) is 0 Å². The quantitative estimate of drug-likeness (QED) is 0.732. The van der Waals surface area contributed by atoms with E-state index in [0.717, 1.165) is 50.7 Å². The first-order chi connectivity index (χ1) is 11.7. The average molecular weight is 333 g/mol. The van der Waals surface area contributed by atoms with Crippen molar-refractivity contribution in [1.82, 2.24) is 9.80 Å². The average Bonchev–Trinajstić information content (AvgIpc) is 2.64. The van der Waals surface area contributed by atoms with Gasteiger partial charge in [0.25, 0.3) is 0 Å². The van der Waals surface area contributed by atoms with Crippen LogP contribution in [-0.4, -0.2) is 69.1 Å². The Morgan fingerprint density at radius 2 is 1.88 bits per heavy atom. The first-order valence-electron chi connectivity index (χ1n) is 9.00. The molecule has 0 bridgehead atoms. The number of amides is 1. The van der Waals surface area contributed by atoms with E-state index in [1.54, 1.807) is 7.11 Å². The van der Waals surface area contributed by atoms with Gasteiger partial charge in [-0.15, -0.1) is 0 Å². The third kappa shape index (κ3) is 5.13. The summed E-state index contributed by atoms with van der Waals surface area (Å²) in [6.07, 6.45) is 3.01. The Morgan fingerprint density at radius 1 is 1.17 bits per heavy atom. The summed E-state index contributed by atoms with van der Waals surface area (Å²) in [5.74, 6) is 1.17. The van der Waals surface area contributed by atoms with Crippen molar-refractivity contribution in [2.24, 2.45) is 0 Å². The number of hydrogen-bond acceptors (Lipinski definition) is 4. The Morgan fingerprint density at radius 3 is 2.54 bits per heavy atom. The van der Waals surface area contributed by atoms with Gasteiger partial charge in [-0.3, -0.25) is 4.79 Å². The molecule has 1 aliphatic heterocycles. The largest absolute Gasteiger partial charge is 0.495 e. The lowest BCUT2D eigenvalue weighted by Crippen LogP contribution is -2.49. The van der Waals surface area contributed by atoms with Crippen LogP contribution < -0.4 is 9.64 Å². The van der Waals surface area contributed by atoms with Crippen LogP contribution in [0.2, 0.25) is 0 Å². The standard InChI is InChI=1S/C19H31N3O2/c1-4-5-11-20(2)12-10-19(23)22-15-13-21(14-16-22)17-8-6-7-9-18(17)24-3/h6-9H,4-5,10-16H2,1-3H3. The predicted octanol–water partition coefficient (Wildman–Crippen LogP) is 2.47. The SMILES string of the molecule is CCCCN(C)CCC(=O)N1CCN(c2ccccc2OC)CC1. The Kier molecular flexibility index (Phi) is 7.37. The van der Waals surface area contributed by atoms with Crippen LogP contribution in [0.5, 0.6) is 5.75 Å². The molecule has 0 radical (unpaired) electrons. The number of ether oxygens (including phenoxy) is 1. The van der Waals surface area contributed by atoms with Crippen molar-refractivity contribution in [1.29, 1.82) is 0 Å². The lowest BCUT2D eigenvalue weighted by Gasteiger charge is -2.36. The summed E-state index contributed by atoms with van der Waals surface area (Å²) < 4.78 is 5.44. The molecule has 1 amide bonds. The van der Waals surface area contributed by atoms with E-state index in [0.29, 0.717) is 6.42 Å². The van der Waals surface area contributed by atoms with Crippen molar-refractivity contribution in [3.63, 3.8) is 0 Å². The zero-order chi connectivity index (χ0) is 17.4. The number of carbonyl (C=O) groups excluding carboxylic acids is 1. The van der Waals surface area contributed by atoms with E-state index in [4.69, 9.17) is 4.74 Å². The van der Waals surface area contributed by atoms with Crippen LogP contribution >= 0.6 is 0 Å². The zero-order valence-electron chi connectivity index (χ0n) is 15.3. The second-order valence-corrected chi connectivity index (χ2v) is 6.45. The third-order valence-corrected chi connectivity index (χ3v) is 4.66. The van der Waals surface area contributed by atoms with Crippen LogP contribution in [0.3, 0.4) is 0 Å². The summed E-state index contributed by atoms with van der Waals surface area (Å²) >= 11 is 0. The molecule has 0 unspecified atom stereocenters. The van der Waals surface area contributed by atoms with Crippen LogP contribution in [-0.2, 0) is 4.79 Å². The molecule has 5 heteroatoms. The summed E-state index contributed by atoms with van der Waals surface area (Å²) in [6, 6.07) is 8.08. The van der Waals surface area contributed by atoms with Gasteiger partial charge in [0, 0.05) is 39.1 Å². The van der Waals surface area contributed by atoms with E-state index in [1.165, 1.54) is 12.8 Å². The summed E-state index contributed by atoms with van der Waals surface area (Å²) in [4.78, 5) is 19.0. The van der Waals surface area contributed by atoms with E-state index in [-0.39, 0.29) is 5.91 Å². The molecule has 0 N–H and O–H groups in total. The van der Waals surface area contributed by atoms with Gasteiger partial charge in [-0.25, -0.2) is 0 Å². The third-order valence-electron chi connectivity index (χ3n) is 4.66. The summed E-state index contributed by atoms with van der Waals surface area (Å²) in [6.45, 7) is 7.41. The topological polar surface area (TPSA) is 36.0 Å². The monoisotopic (exact) mass is 333 g/mol. The van der Waals surface area contributed by atoms with Gasteiger partial charge in [0.1, 0.15) is 5.75 Å². The molecular formula is C19H31N3O2. The van der Waals surface area contributed by atoms with E-state index in [1.807, 2.05) is 23.1 Å². The number of benzene rings is 1. The number of unbranched alkanes of at least 4 members (excludes halogenated alkanes) is 1. The van der Waals surface area contributed by atoms with Crippen molar-refractivity contribution < 1.29 is 9.53 Å². The number of rotatable bonds is 8. The van der Waals surface area contributed by atoms with Crippen molar-refractivity contribution in [3.8, 4) is 5.75 Å². The fraction of sp³-hybridized carbons (Fsp3) is 0.632. The molecule has 5 nitrogen and oxygen atoms in total. The lowest BCUT2D eigenvalue weighted by atomic mass is 10.2. The molecule has 1 heterocycles. The number of nitrogens with zero attached hydrogens (tertiary/aromatic N) is 3. The van der Waals surface area contributed by atoms with Crippen LogP contribution in [0.4, 0.5) is 5.69 Å². The normalized spacial score (nSPS) is 15.0. The molecule has 1 aromatic rings. The van der Waals surface area contributed by atoms with Gasteiger partial charge >= 0.3 is 0 Å². The van der Waals surface area contributed by atoms with Crippen molar-refractivity contribution in [3.05, 3.63) is 24.3 Å². The molecule has 1 aliphatic rings. The first kappa shape index (κ1) is 18.6. The predicted molar refractivity (Wildman–Crippen MR) is 98.8 cm³/mol. The Hall–Kier alpha value is -1.75. The van der Waals surface area contributed by atoms with E-state index in [2.05, 4.69) is 29.8 Å². The van der Waals surface area contributed by atoms with Gasteiger partial charge in [0.05, 0.1) is 12.8 Å². The van der Waals surface area contributed by atoms with Crippen LogP contribution in [0, 0.1) is 0 Å². The molecule has 0 saturated carbocycles. The minimum atomic E-state index is 0.276. The molecule has 1 saturated heterocycles. The van der Waals surface area contributed by atoms with E-state index >= 15 is 0 Å². The molecule has 134 valence electrons. The highest BCUT2D eigenvalue weighted by atomic mass is 16.5. The Balaban J connectivity index is 1.78. The molecule has 0 spiro atoms. The van der Waals surface area contributed by atoms with Gasteiger partial charge in [-0.2, -0.15) is 0 Å². The minimum Gasteiger partial charge on any atom is -0.495 e. The number of methoxy groups -OCH3 is 1. The van der Waals surface area contributed by atoms with E-state index < -0.39 is 0 Å². The summed E-state index contributed by atoms with van der Waals surface area (Å²) in [5.41, 5.74) is 1.12. The van der Waals surface area contributed by atoms with Gasteiger partial charge in [-0.05, 0) is 32.1 Å². The molecular weight excluding hydrogens is 302 g/mol. The number of piperazine rings is 1. The number of anilines is 1. The summed E-state index contributed by atoms with van der Waals surface area (Å²) in [7, 11) is 3.80. The fourth-order valence-electron chi connectivity index (χ4n) is 3.07. The first-order valence-corrected chi connectivity index (χ1v) is 9.00. The number of para-hydroxylation sites is 2. The highest BCUT2D eigenvalue weighted by Crippen LogP contribution is 2.28. The Labute approximate surface area is 146 Å². The maximum atomic E-state index is 12.4. The van der Waals surface area contributed by atoms with Crippen molar-refractivity contribution in [2.75, 3.05) is 58.3 Å². The fourth-order valence-corrected chi connectivity index (χ4v) is 3.07. The molecule has 1 fully saturated rings. The number of carbonyl (C=O) groups is 1. The highest BCUT2D eigenvalue weighted by molar-refractivity contribution is 5.76. The zero-order valence-corrected chi connectivity index (χ0v) is 15.3. The molecule has 1 aromatic carbocycles. The molecule has 0 aromatic heterocycles. The van der Waals surface area contributed by atoms with Gasteiger partial charge < -0.3 is 19.4 Å². The second kappa shape index (κ2) is 9.52. The van der Waals surface area contributed by atoms with Crippen molar-refractivity contribution >= 4 is 11.6 Å². The van der Waals surface area contributed by atoms with Crippen LogP contribution in [0.15, 0.2) is 24.3 Å². The number of hydrogen-bond donors (Lipinski definition) is 0. The molecule has 24 heavy (non-hydrogen) atoms. The highest BCUT2D eigenvalue weighted by Gasteiger charge is 2.22. The maximum absolute atomic E-state index is 12.4. The van der Waals surface area contributed by atoms with Gasteiger partial charge in [0.15, 0.2) is 0 Å². The van der Waals surface area contributed by atoms with Gasteiger partial charge in [0.2, 0.25) is 5.91 Å². The van der Waals surface area contributed by atoms with Crippen LogP contribution in [0.1, 0.15) is 26.2 Å². The summed E-state index contributed by atoms with van der Waals surface area (Å²) in [5, 5.41) is 0. The molecule has 0 aliphatic carbocycles. The van der Waals surface area contributed by atoms with Gasteiger partial charge in [-0.1, -0.05) is 25.5 Å². The molecule has 2 rings (SSSR count). The van der Waals surface area contributed by atoms with Crippen molar-refractivity contribution in [2.45, 2.75) is 26.2 Å². The molecule has 0 atom stereocenters. The minimum absolute atomic E-state index is 0.276.